The third-order valence-corrected chi connectivity index (χ3v) is 6.40. The van der Waals surface area contributed by atoms with Gasteiger partial charge in [-0.3, -0.25) is 4.98 Å². The zero-order chi connectivity index (χ0) is 16.8. The summed E-state index contributed by atoms with van der Waals surface area (Å²) in [6.07, 6.45) is 8.29. The number of hydrogen-bond acceptors (Lipinski definition) is 3. The lowest BCUT2D eigenvalue weighted by Crippen LogP contribution is -2.53. The van der Waals surface area contributed by atoms with Gasteiger partial charge in [0.15, 0.2) is 5.96 Å². The minimum atomic E-state index is -0.282. The maximum Gasteiger partial charge on any atom is 0.194 e. The molecule has 2 aliphatic rings. The summed E-state index contributed by atoms with van der Waals surface area (Å²) in [7, 11) is 0. The Morgan fingerprint density at radius 2 is 2.25 bits per heavy atom. The van der Waals surface area contributed by atoms with Crippen LogP contribution in [0.2, 0.25) is 0 Å². The third-order valence-electron chi connectivity index (χ3n) is 4.86. The molecule has 3 rings (SSSR count). The van der Waals surface area contributed by atoms with Crippen molar-refractivity contribution < 1.29 is 4.39 Å². The molecule has 1 saturated heterocycles. The van der Waals surface area contributed by atoms with Gasteiger partial charge in [0.25, 0.3) is 0 Å². The van der Waals surface area contributed by atoms with Crippen LogP contribution in [0, 0.1) is 5.82 Å². The second-order valence-corrected chi connectivity index (χ2v) is 8.18. The summed E-state index contributed by atoms with van der Waals surface area (Å²) in [6, 6.07) is 3.06. The van der Waals surface area contributed by atoms with Gasteiger partial charge in [0.05, 0.1) is 12.2 Å². The fourth-order valence-corrected chi connectivity index (χ4v) is 5.20. The number of aromatic nitrogens is 1. The van der Waals surface area contributed by atoms with Crippen molar-refractivity contribution in [2.24, 2.45) is 4.99 Å². The van der Waals surface area contributed by atoms with Crippen LogP contribution in [0.3, 0.4) is 0 Å². The molecule has 0 bridgehead atoms. The first kappa shape index (κ1) is 17.5. The van der Waals surface area contributed by atoms with Crippen LogP contribution < -0.4 is 5.32 Å². The molecule has 4 nitrogen and oxygen atoms in total. The number of hydrogen-bond donors (Lipinski definition) is 1. The molecular weight excluding hydrogens is 323 g/mol. The molecule has 1 aromatic heterocycles. The van der Waals surface area contributed by atoms with Gasteiger partial charge in [-0.2, -0.15) is 11.8 Å². The molecular formula is C18H27FN4S. The SMILES string of the molecule is CCNC(=NCc1ncccc1F)N1CCSC2(CCCCC2)C1. The average molecular weight is 351 g/mol. The molecule has 0 atom stereocenters. The van der Waals surface area contributed by atoms with E-state index < -0.39 is 0 Å². The maximum absolute atomic E-state index is 13.8. The second-order valence-electron chi connectivity index (χ2n) is 6.62. The number of rotatable bonds is 3. The molecule has 2 fully saturated rings. The normalized spacial score (nSPS) is 21.1. The summed E-state index contributed by atoms with van der Waals surface area (Å²) < 4.78 is 14.2. The van der Waals surface area contributed by atoms with Gasteiger partial charge in [-0.15, -0.1) is 0 Å². The van der Waals surface area contributed by atoms with Crippen molar-refractivity contribution in [3.05, 3.63) is 29.8 Å². The lowest BCUT2D eigenvalue weighted by molar-refractivity contribution is 0.293. The van der Waals surface area contributed by atoms with Crippen LogP contribution in [0.5, 0.6) is 0 Å². The Hall–Kier alpha value is -1.30. The van der Waals surface area contributed by atoms with Gasteiger partial charge in [-0.25, -0.2) is 9.38 Å². The van der Waals surface area contributed by atoms with Crippen molar-refractivity contribution in [2.45, 2.75) is 50.3 Å². The van der Waals surface area contributed by atoms with E-state index in [4.69, 9.17) is 0 Å². The molecule has 132 valence electrons. The summed E-state index contributed by atoms with van der Waals surface area (Å²) in [4.78, 5) is 11.1. The Labute approximate surface area is 148 Å². The smallest absolute Gasteiger partial charge is 0.194 e. The molecule has 1 aliphatic carbocycles. The summed E-state index contributed by atoms with van der Waals surface area (Å²) >= 11 is 2.15. The largest absolute Gasteiger partial charge is 0.357 e. The van der Waals surface area contributed by atoms with Gasteiger partial charge in [-0.1, -0.05) is 19.3 Å². The molecule has 6 heteroatoms. The highest BCUT2D eigenvalue weighted by Gasteiger charge is 2.38. The van der Waals surface area contributed by atoms with Crippen molar-refractivity contribution in [3.8, 4) is 0 Å². The summed E-state index contributed by atoms with van der Waals surface area (Å²) in [5.41, 5.74) is 0.409. The van der Waals surface area contributed by atoms with Crippen LogP contribution in [0.1, 0.15) is 44.7 Å². The summed E-state index contributed by atoms with van der Waals surface area (Å²) in [5.74, 6) is 1.75. The monoisotopic (exact) mass is 350 g/mol. The quantitative estimate of drug-likeness (QED) is 0.670. The van der Waals surface area contributed by atoms with Crippen molar-refractivity contribution >= 4 is 17.7 Å². The van der Waals surface area contributed by atoms with Crippen LogP contribution in [0.4, 0.5) is 4.39 Å². The van der Waals surface area contributed by atoms with Gasteiger partial charge in [0, 0.05) is 36.3 Å². The molecule has 1 aliphatic heterocycles. The molecule has 24 heavy (non-hydrogen) atoms. The van der Waals surface area contributed by atoms with Gasteiger partial charge in [-0.05, 0) is 31.9 Å². The van der Waals surface area contributed by atoms with Gasteiger partial charge < -0.3 is 10.2 Å². The molecule has 0 amide bonds. The van der Waals surface area contributed by atoms with E-state index in [1.54, 1.807) is 12.3 Å². The minimum absolute atomic E-state index is 0.282. The lowest BCUT2D eigenvalue weighted by Gasteiger charge is -2.45. The van der Waals surface area contributed by atoms with E-state index >= 15 is 0 Å². The molecule has 2 heterocycles. The van der Waals surface area contributed by atoms with Crippen molar-refractivity contribution in [3.63, 3.8) is 0 Å². The molecule has 1 saturated carbocycles. The Balaban J connectivity index is 1.72. The van der Waals surface area contributed by atoms with Gasteiger partial charge in [0.1, 0.15) is 5.82 Å². The van der Waals surface area contributed by atoms with E-state index in [1.165, 1.54) is 38.2 Å². The fraction of sp³-hybridized carbons (Fsp3) is 0.667. The van der Waals surface area contributed by atoms with E-state index in [1.807, 2.05) is 0 Å². The Morgan fingerprint density at radius 3 is 3.00 bits per heavy atom. The highest BCUT2D eigenvalue weighted by Crippen LogP contribution is 2.42. The van der Waals surface area contributed by atoms with Crippen LogP contribution >= 0.6 is 11.8 Å². The zero-order valence-electron chi connectivity index (χ0n) is 14.4. The number of nitrogens with one attached hydrogen (secondary N) is 1. The molecule has 0 radical (unpaired) electrons. The van der Waals surface area contributed by atoms with Crippen LogP contribution in [-0.2, 0) is 6.54 Å². The first-order chi connectivity index (χ1) is 11.7. The highest BCUT2D eigenvalue weighted by molar-refractivity contribution is 8.00. The molecule has 0 aromatic carbocycles. The maximum atomic E-state index is 13.8. The van der Waals surface area contributed by atoms with E-state index in [-0.39, 0.29) is 12.4 Å². The zero-order valence-corrected chi connectivity index (χ0v) is 15.2. The lowest BCUT2D eigenvalue weighted by atomic mass is 9.87. The van der Waals surface area contributed by atoms with Crippen molar-refractivity contribution in [1.29, 1.82) is 0 Å². The number of aliphatic imine (C=N–C) groups is 1. The number of nitrogens with zero attached hydrogens (tertiary/aromatic N) is 3. The molecule has 1 N–H and O–H groups in total. The average Bonchev–Trinajstić information content (AvgIpc) is 2.60. The number of thioether (sulfide) groups is 1. The predicted molar refractivity (Wildman–Crippen MR) is 98.9 cm³/mol. The summed E-state index contributed by atoms with van der Waals surface area (Å²) in [6.45, 7) is 5.23. The van der Waals surface area contributed by atoms with Crippen molar-refractivity contribution in [1.82, 2.24) is 15.2 Å². The molecule has 1 spiro atoms. The molecule has 0 unspecified atom stereocenters. The van der Waals surface area contributed by atoms with Crippen LogP contribution in [0.15, 0.2) is 23.3 Å². The number of pyridine rings is 1. The van der Waals surface area contributed by atoms with E-state index in [0.29, 0.717) is 10.4 Å². The topological polar surface area (TPSA) is 40.5 Å². The third kappa shape index (κ3) is 4.21. The Bertz CT molecular complexity index is 566. The van der Waals surface area contributed by atoms with Crippen LogP contribution in [-0.4, -0.2) is 46.0 Å². The van der Waals surface area contributed by atoms with Gasteiger partial charge in [0.2, 0.25) is 0 Å². The standard InChI is InChI=1S/C18H27FN4S/c1-2-20-17(22-13-16-15(19)7-6-10-21-16)23-11-12-24-18(14-23)8-4-3-5-9-18/h6-7,10H,2-5,8-9,11-14H2,1H3,(H,20,22). The number of guanidine groups is 1. The van der Waals surface area contributed by atoms with E-state index in [2.05, 4.69) is 38.9 Å². The predicted octanol–water partition coefficient (Wildman–Crippen LogP) is 3.44. The molecule has 1 aromatic rings. The van der Waals surface area contributed by atoms with Gasteiger partial charge >= 0.3 is 0 Å². The first-order valence-corrected chi connectivity index (χ1v) is 9.98. The van der Waals surface area contributed by atoms with E-state index in [0.717, 1.165) is 31.3 Å². The Morgan fingerprint density at radius 1 is 1.42 bits per heavy atom. The first-order valence-electron chi connectivity index (χ1n) is 8.99. The summed E-state index contributed by atoms with van der Waals surface area (Å²) in [5, 5.41) is 3.38. The fourth-order valence-electron chi connectivity index (χ4n) is 3.63. The van der Waals surface area contributed by atoms with Crippen LogP contribution in [0.25, 0.3) is 0 Å². The van der Waals surface area contributed by atoms with Crippen molar-refractivity contribution in [2.75, 3.05) is 25.4 Å². The van der Waals surface area contributed by atoms with E-state index in [9.17, 15) is 4.39 Å². The minimum Gasteiger partial charge on any atom is -0.357 e. The second kappa shape index (κ2) is 8.19. The number of halogens is 1. The Kier molecular flexibility index (Phi) is 5.98. The highest BCUT2D eigenvalue weighted by atomic mass is 32.2.